The maximum Gasteiger partial charge on any atom is 0.255 e. The Morgan fingerprint density at radius 3 is 2.94 bits per heavy atom. The minimum Gasteiger partial charge on any atom is -0.496 e. The van der Waals surface area contributed by atoms with Crippen LogP contribution in [0, 0.1) is 5.92 Å². The molecule has 2 rings (SSSR count). The largest absolute Gasteiger partial charge is 0.496 e. The maximum atomic E-state index is 12.1. The average molecular weight is 333 g/mol. The molecule has 5 heteroatoms. The van der Waals surface area contributed by atoms with Crippen LogP contribution >= 0.6 is 27.5 Å². The van der Waals surface area contributed by atoms with Crippen LogP contribution in [0.25, 0.3) is 0 Å². The van der Waals surface area contributed by atoms with E-state index < -0.39 is 0 Å². The molecule has 1 aromatic carbocycles. The van der Waals surface area contributed by atoms with Crippen molar-refractivity contribution in [3.05, 3.63) is 28.8 Å². The number of carbonyl (C=O) groups excluding carboxylic acids is 1. The summed E-state index contributed by atoms with van der Waals surface area (Å²) in [5.41, 5.74) is 0.473. The first-order valence-corrected chi connectivity index (χ1v) is 7.17. The lowest BCUT2D eigenvalue weighted by Crippen LogP contribution is -2.30. The van der Waals surface area contributed by atoms with Gasteiger partial charge in [0.1, 0.15) is 5.75 Å². The molecule has 0 radical (unpaired) electrons. The summed E-state index contributed by atoms with van der Waals surface area (Å²) in [6.07, 6.45) is 2.48. The van der Waals surface area contributed by atoms with Crippen LogP contribution in [0.15, 0.2) is 18.2 Å². The van der Waals surface area contributed by atoms with Crippen molar-refractivity contribution in [2.75, 3.05) is 13.7 Å². The van der Waals surface area contributed by atoms with E-state index in [4.69, 9.17) is 16.3 Å². The normalized spacial score (nSPS) is 16.2. The Morgan fingerprint density at radius 2 is 2.33 bits per heavy atom. The molecule has 0 aromatic heterocycles. The minimum atomic E-state index is -0.153. The molecule has 1 unspecified atom stereocenters. The molecule has 1 aliphatic carbocycles. The zero-order valence-electron chi connectivity index (χ0n) is 10.1. The lowest BCUT2D eigenvalue weighted by Gasteiger charge is -2.12. The van der Waals surface area contributed by atoms with E-state index in [0.717, 1.165) is 0 Å². The third-order valence-electron chi connectivity index (χ3n) is 3.00. The lowest BCUT2D eigenvalue weighted by atomic mass is 10.2. The fourth-order valence-corrected chi connectivity index (χ4v) is 2.63. The van der Waals surface area contributed by atoms with Crippen LogP contribution < -0.4 is 10.1 Å². The average Bonchev–Trinajstić information content (AvgIpc) is 3.19. The number of carbonyl (C=O) groups is 1. The fraction of sp³-hybridized carbons (Fsp3) is 0.462. The predicted octanol–water partition coefficient (Wildman–Crippen LogP) is 3.25. The molecule has 18 heavy (non-hydrogen) atoms. The van der Waals surface area contributed by atoms with E-state index in [2.05, 4.69) is 21.2 Å². The molecule has 3 nitrogen and oxygen atoms in total. The smallest absolute Gasteiger partial charge is 0.255 e. The Morgan fingerprint density at radius 1 is 1.61 bits per heavy atom. The van der Waals surface area contributed by atoms with Crippen molar-refractivity contribution in [1.82, 2.24) is 5.32 Å². The topological polar surface area (TPSA) is 38.3 Å². The Bertz CT molecular complexity index is 449. The van der Waals surface area contributed by atoms with Gasteiger partial charge in [0.05, 0.1) is 12.7 Å². The van der Waals surface area contributed by atoms with Gasteiger partial charge >= 0.3 is 0 Å². The van der Waals surface area contributed by atoms with Gasteiger partial charge in [-0.15, -0.1) is 0 Å². The van der Waals surface area contributed by atoms with E-state index in [1.165, 1.54) is 20.0 Å². The van der Waals surface area contributed by atoms with Crippen molar-refractivity contribution in [1.29, 1.82) is 0 Å². The molecule has 0 aliphatic heterocycles. The Kier molecular flexibility index (Phi) is 4.51. The van der Waals surface area contributed by atoms with Crippen molar-refractivity contribution < 1.29 is 9.53 Å². The van der Waals surface area contributed by atoms with Gasteiger partial charge in [0, 0.05) is 16.4 Å². The van der Waals surface area contributed by atoms with Crippen molar-refractivity contribution in [3.8, 4) is 5.75 Å². The maximum absolute atomic E-state index is 12.1. The summed E-state index contributed by atoms with van der Waals surface area (Å²) in [6.45, 7) is 0.624. The highest BCUT2D eigenvalue weighted by molar-refractivity contribution is 9.09. The molecule has 1 saturated carbocycles. The highest BCUT2D eigenvalue weighted by Crippen LogP contribution is 2.36. The first-order chi connectivity index (χ1) is 8.61. The van der Waals surface area contributed by atoms with E-state index in [1.807, 2.05) is 0 Å². The Hall–Kier alpha value is -0.740. The van der Waals surface area contributed by atoms with Crippen LogP contribution in [0.4, 0.5) is 0 Å². The molecular formula is C13H15BrClNO2. The van der Waals surface area contributed by atoms with Gasteiger partial charge in [0.15, 0.2) is 0 Å². The molecule has 98 valence electrons. The molecule has 0 spiro atoms. The van der Waals surface area contributed by atoms with E-state index in [0.29, 0.717) is 33.6 Å². The van der Waals surface area contributed by atoms with E-state index in [1.54, 1.807) is 18.2 Å². The SMILES string of the molecule is COc1ccc(Cl)cc1C(=O)NCC(Br)C1CC1. The third kappa shape index (κ3) is 3.39. The number of rotatable bonds is 5. The number of nitrogens with one attached hydrogen (secondary N) is 1. The number of ether oxygens (including phenoxy) is 1. The van der Waals surface area contributed by atoms with Gasteiger partial charge in [-0.05, 0) is 37.0 Å². The summed E-state index contributed by atoms with van der Waals surface area (Å²) in [5.74, 6) is 1.08. The summed E-state index contributed by atoms with van der Waals surface area (Å²) in [4.78, 5) is 12.4. The Labute approximate surface area is 120 Å². The number of hydrogen-bond donors (Lipinski definition) is 1. The number of alkyl halides is 1. The second-order valence-electron chi connectivity index (χ2n) is 4.41. The van der Waals surface area contributed by atoms with Crippen molar-refractivity contribution >= 4 is 33.4 Å². The van der Waals surface area contributed by atoms with Crippen LogP contribution in [0.2, 0.25) is 5.02 Å². The number of amides is 1. The number of hydrogen-bond acceptors (Lipinski definition) is 2. The van der Waals surface area contributed by atoms with Gasteiger partial charge < -0.3 is 10.1 Å². The molecule has 1 aromatic rings. The second kappa shape index (κ2) is 5.93. The summed E-state index contributed by atoms with van der Waals surface area (Å²) in [7, 11) is 1.54. The van der Waals surface area contributed by atoms with Crippen molar-refractivity contribution in [2.45, 2.75) is 17.7 Å². The molecule has 1 N–H and O–H groups in total. The van der Waals surface area contributed by atoms with Crippen molar-refractivity contribution in [3.63, 3.8) is 0 Å². The van der Waals surface area contributed by atoms with Gasteiger partial charge in [-0.3, -0.25) is 4.79 Å². The van der Waals surface area contributed by atoms with Gasteiger partial charge in [-0.25, -0.2) is 0 Å². The minimum absolute atomic E-state index is 0.153. The molecule has 1 aliphatic rings. The van der Waals surface area contributed by atoms with Crippen LogP contribution in [0.1, 0.15) is 23.2 Å². The molecule has 1 atom stereocenters. The second-order valence-corrected chi connectivity index (χ2v) is 6.02. The quantitative estimate of drug-likeness (QED) is 0.841. The van der Waals surface area contributed by atoms with Crippen molar-refractivity contribution in [2.24, 2.45) is 5.92 Å². The summed E-state index contributed by atoms with van der Waals surface area (Å²) >= 11 is 9.48. The van der Waals surface area contributed by atoms with Gasteiger partial charge in [0.25, 0.3) is 5.91 Å². The van der Waals surface area contributed by atoms with Crippen LogP contribution in [0.3, 0.4) is 0 Å². The third-order valence-corrected chi connectivity index (χ3v) is 4.30. The highest BCUT2D eigenvalue weighted by atomic mass is 79.9. The standard InChI is InChI=1S/C13H15BrClNO2/c1-18-12-5-4-9(15)6-10(12)13(17)16-7-11(14)8-2-3-8/h4-6,8,11H,2-3,7H2,1H3,(H,16,17). The van der Waals surface area contributed by atoms with Crippen LogP contribution in [-0.2, 0) is 0 Å². The van der Waals surface area contributed by atoms with Gasteiger partial charge in [0.2, 0.25) is 0 Å². The highest BCUT2D eigenvalue weighted by Gasteiger charge is 2.29. The van der Waals surface area contributed by atoms with E-state index >= 15 is 0 Å². The molecule has 0 bridgehead atoms. The number of methoxy groups -OCH3 is 1. The predicted molar refractivity (Wildman–Crippen MR) is 75.8 cm³/mol. The monoisotopic (exact) mass is 331 g/mol. The fourth-order valence-electron chi connectivity index (χ4n) is 1.77. The summed E-state index contributed by atoms with van der Waals surface area (Å²) in [5, 5.41) is 3.42. The molecule has 1 fully saturated rings. The zero-order chi connectivity index (χ0) is 13.1. The van der Waals surface area contributed by atoms with Crippen LogP contribution in [0.5, 0.6) is 5.75 Å². The lowest BCUT2D eigenvalue weighted by molar-refractivity contribution is 0.0950. The zero-order valence-corrected chi connectivity index (χ0v) is 12.4. The summed E-state index contributed by atoms with van der Waals surface area (Å²) in [6, 6.07) is 5.02. The molecular weight excluding hydrogens is 318 g/mol. The van der Waals surface area contributed by atoms with Gasteiger partial charge in [-0.2, -0.15) is 0 Å². The number of benzene rings is 1. The summed E-state index contributed by atoms with van der Waals surface area (Å²) < 4.78 is 5.16. The first-order valence-electron chi connectivity index (χ1n) is 5.87. The van der Waals surface area contributed by atoms with E-state index in [9.17, 15) is 4.79 Å². The molecule has 1 amide bonds. The Balaban J connectivity index is 2.00. The van der Waals surface area contributed by atoms with E-state index in [-0.39, 0.29) is 5.91 Å². The van der Waals surface area contributed by atoms with Crippen LogP contribution in [-0.4, -0.2) is 24.4 Å². The number of halogens is 2. The molecule has 0 heterocycles. The molecule has 0 saturated heterocycles. The first kappa shape index (κ1) is 13.7. The van der Waals surface area contributed by atoms with Gasteiger partial charge in [-0.1, -0.05) is 27.5 Å².